The van der Waals surface area contributed by atoms with Gasteiger partial charge in [-0.15, -0.1) is 0 Å². The lowest BCUT2D eigenvalue weighted by Crippen LogP contribution is -2.49. The maximum atomic E-state index is 12.8. The minimum absolute atomic E-state index is 0.00363. The molecule has 2 aliphatic heterocycles. The van der Waals surface area contributed by atoms with Crippen LogP contribution in [0.3, 0.4) is 0 Å². The number of aromatic nitrogens is 2. The lowest BCUT2D eigenvalue weighted by Gasteiger charge is -2.35. The van der Waals surface area contributed by atoms with Crippen LogP contribution in [-0.4, -0.2) is 65.8 Å². The van der Waals surface area contributed by atoms with Crippen molar-refractivity contribution in [3.63, 3.8) is 0 Å². The Kier molecular flexibility index (Phi) is 5.97. The van der Waals surface area contributed by atoms with Crippen LogP contribution in [0, 0.1) is 6.92 Å². The molecule has 0 radical (unpaired) electrons. The molecule has 1 aromatic carbocycles. The van der Waals surface area contributed by atoms with E-state index in [4.69, 9.17) is 4.98 Å². The number of benzene rings is 1. The predicted octanol–water partition coefficient (Wildman–Crippen LogP) is 2.94. The molecule has 2 aliphatic rings. The van der Waals surface area contributed by atoms with Crippen LogP contribution in [0.1, 0.15) is 52.6 Å². The maximum Gasteiger partial charge on any atom is 0.253 e. The number of piperazine rings is 1. The summed E-state index contributed by atoms with van der Waals surface area (Å²) in [5, 5.41) is 0. The van der Waals surface area contributed by atoms with Gasteiger partial charge in [0.05, 0.1) is 0 Å². The van der Waals surface area contributed by atoms with Crippen molar-refractivity contribution >= 4 is 23.5 Å². The summed E-state index contributed by atoms with van der Waals surface area (Å²) in [5.41, 5.74) is 2.22. The minimum atomic E-state index is 0.00363. The molecule has 4 rings (SSSR count). The summed E-state index contributed by atoms with van der Waals surface area (Å²) < 4.78 is 0. The molecule has 0 atom stereocenters. The summed E-state index contributed by atoms with van der Waals surface area (Å²) in [7, 11) is 0. The van der Waals surface area contributed by atoms with Crippen LogP contribution in [0.5, 0.6) is 0 Å². The molecule has 7 nitrogen and oxygen atoms in total. The third-order valence-electron chi connectivity index (χ3n) is 5.90. The van der Waals surface area contributed by atoms with Crippen molar-refractivity contribution in [2.75, 3.05) is 49.1 Å². The van der Waals surface area contributed by atoms with E-state index in [0.717, 1.165) is 30.5 Å². The average Bonchev–Trinajstić information content (AvgIpc) is 2.79. The number of anilines is 2. The first kappa shape index (κ1) is 20.3. The van der Waals surface area contributed by atoms with E-state index in [0.29, 0.717) is 37.3 Å². The number of hydrogen-bond donors (Lipinski definition) is 0. The highest BCUT2D eigenvalue weighted by Crippen LogP contribution is 2.22. The van der Waals surface area contributed by atoms with Gasteiger partial charge in [0.1, 0.15) is 5.82 Å². The molecule has 0 bridgehead atoms. The predicted molar refractivity (Wildman–Crippen MR) is 117 cm³/mol. The number of hydrogen-bond acceptors (Lipinski definition) is 6. The second-order valence-corrected chi connectivity index (χ2v) is 8.13. The number of ketones is 1. The highest BCUT2D eigenvalue weighted by atomic mass is 16.2. The maximum absolute atomic E-state index is 12.8. The molecule has 158 valence electrons. The lowest BCUT2D eigenvalue weighted by atomic mass is 10.1. The quantitative estimate of drug-likeness (QED) is 0.726. The van der Waals surface area contributed by atoms with Gasteiger partial charge < -0.3 is 14.7 Å². The van der Waals surface area contributed by atoms with E-state index in [-0.39, 0.29) is 11.7 Å². The van der Waals surface area contributed by atoms with E-state index in [1.807, 2.05) is 11.8 Å². The van der Waals surface area contributed by atoms with Crippen LogP contribution < -0.4 is 9.80 Å². The van der Waals surface area contributed by atoms with E-state index in [2.05, 4.69) is 20.9 Å². The third-order valence-corrected chi connectivity index (χ3v) is 5.90. The van der Waals surface area contributed by atoms with E-state index in [1.165, 1.54) is 26.2 Å². The first-order valence-corrected chi connectivity index (χ1v) is 10.8. The molecule has 7 heteroatoms. The average molecular weight is 408 g/mol. The molecule has 0 spiro atoms. The number of nitrogens with zero attached hydrogens (tertiary/aromatic N) is 5. The standard InChI is InChI=1S/C23H29N5O2/c1-17-16-21(26-10-4-3-5-11-26)25-23(24-17)28-14-12-27(13-15-28)22(30)20-8-6-19(7-9-20)18(2)29/h6-9,16H,3-5,10-15H2,1-2H3. The fourth-order valence-electron chi connectivity index (χ4n) is 4.10. The van der Waals surface area contributed by atoms with E-state index in [1.54, 1.807) is 24.3 Å². The molecule has 2 fully saturated rings. The van der Waals surface area contributed by atoms with Gasteiger partial charge in [0.15, 0.2) is 5.78 Å². The second-order valence-electron chi connectivity index (χ2n) is 8.13. The normalized spacial score (nSPS) is 17.2. The fourth-order valence-corrected chi connectivity index (χ4v) is 4.10. The lowest BCUT2D eigenvalue weighted by molar-refractivity contribution is 0.0745. The van der Waals surface area contributed by atoms with Crippen molar-refractivity contribution in [2.24, 2.45) is 0 Å². The Morgan fingerprint density at radius 3 is 2.07 bits per heavy atom. The number of carbonyl (C=O) groups is 2. The summed E-state index contributed by atoms with van der Waals surface area (Å²) in [4.78, 5) is 40.1. The smallest absolute Gasteiger partial charge is 0.253 e. The Morgan fingerprint density at radius 1 is 0.800 bits per heavy atom. The monoisotopic (exact) mass is 407 g/mol. The van der Waals surface area contributed by atoms with E-state index < -0.39 is 0 Å². The topological polar surface area (TPSA) is 69.6 Å². The minimum Gasteiger partial charge on any atom is -0.356 e. The number of amides is 1. The van der Waals surface area contributed by atoms with Crippen molar-refractivity contribution in [2.45, 2.75) is 33.1 Å². The summed E-state index contributed by atoms with van der Waals surface area (Å²) in [6.45, 7) is 8.33. The number of rotatable bonds is 4. The molecule has 0 unspecified atom stereocenters. The SMILES string of the molecule is CC(=O)c1ccc(C(=O)N2CCN(c3nc(C)cc(N4CCCCC4)n3)CC2)cc1. The Bertz CT molecular complexity index is 914. The summed E-state index contributed by atoms with van der Waals surface area (Å²) >= 11 is 0. The van der Waals surface area contributed by atoms with Crippen LogP contribution in [-0.2, 0) is 0 Å². The van der Waals surface area contributed by atoms with Gasteiger partial charge in [-0.1, -0.05) is 12.1 Å². The van der Waals surface area contributed by atoms with Crippen LogP contribution in [0.2, 0.25) is 0 Å². The van der Waals surface area contributed by atoms with Crippen molar-refractivity contribution < 1.29 is 9.59 Å². The third kappa shape index (κ3) is 4.45. The van der Waals surface area contributed by atoms with Gasteiger partial charge in [-0.05, 0) is 45.2 Å². The van der Waals surface area contributed by atoms with Crippen molar-refractivity contribution in [1.29, 1.82) is 0 Å². The van der Waals surface area contributed by atoms with Crippen LogP contribution in [0.15, 0.2) is 30.3 Å². The van der Waals surface area contributed by atoms with Gasteiger partial charge in [0, 0.05) is 62.2 Å². The van der Waals surface area contributed by atoms with E-state index in [9.17, 15) is 9.59 Å². The zero-order chi connectivity index (χ0) is 21.1. The second kappa shape index (κ2) is 8.81. The molecule has 3 heterocycles. The molecule has 30 heavy (non-hydrogen) atoms. The first-order valence-electron chi connectivity index (χ1n) is 10.8. The van der Waals surface area contributed by atoms with Crippen LogP contribution >= 0.6 is 0 Å². The number of carbonyl (C=O) groups excluding carboxylic acids is 2. The van der Waals surface area contributed by atoms with Gasteiger partial charge in [-0.3, -0.25) is 9.59 Å². The molecule has 2 saturated heterocycles. The Hall–Kier alpha value is -2.96. The molecule has 0 saturated carbocycles. The summed E-state index contributed by atoms with van der Waals surface area (Å²) in [5.74, 6) is 1.78. The van der Waals surface area contributed by atoms with E-state index >= 15 is 0 Å². The Labute approximate surface area is 177 Å². The Balaban J connectivity index is 1.41. The molecular weight excluding hydrogens is 378 g/mol. The van der Waals surface area contributed by atoms with Gasteiger partial charge >= 0.3 is 0 Å². The largest absolute Gasteiger partial charge is 0.356 e. The number of aryl methyl sites for hydroxylation is 1. The van der Waals surface area contributed by atoms with Crippen LogP contribution in [0.25, 0.3) is 0 Å². The first-order chi connectivity index (χ1) is 14.5. The van der Waals surface area contributed by atoms with Crippen molar-refractivity contribution in [3.8, 4) is 0 Å². The molecular formula is C23H29N5O2. The van der Waals surface area contributed by atoms with Gasteiger partial charge in [-0.2, -0.15) is 4.98 Å². The molecule has 1 aromatic heterocycles. The highest BCUT2D eigenvalue weighted by Gasteiger charge is 2.24. The Morgan fingerprint density at radius 2 is 1.43 bits per heavy atom. The number of Topliss-reactive ketones (excluding diaryl/α,β-unsaturated/α-hetero) is 1. The molecule has 2 aromatic rings. The molecule has 0 N–H and O–H groups in total. The van der Waals surface area contributed by atoms with Gasteiger partial charge in [0.25, 0.3) is 5.91 Å². The highest BCUT2D eigenvalue weighted by molar-refractivity contribution is 5.97. The summed E-state index contributed by atoms with van der Waals surface area (Å²) in [6.07, 6.45) is 3.72. The van der Waals surface area contributed by atoms with Crippen molar-refractivity contribution in [3.05, 3.63) is 47.2 Å². The summed E-state index contributed by atoms with van der Waals surface area (Å²) in [6, 6.07) is 8.97. The van der Waals surface area contributed by atoms with Crippen molar-refractivity contribution in [1.82, 2.24) is 14.9 Å². The molecule has 0 aliphatic carbocycles. The van der Waals surface area contributed by atoms with Crippen LogP contribution in [0.4, 0.5) is 11.8 Å². The zero-order valence-corrected chi connectivity index (χ0v) is 17.8. The fraction of sp³-hybridized carbons (Fsp3) is 0.478. The number of piperidine rings is 1. The van der Waals surface area contributed by atoms with Gasteiger partial charge in [-0.25, -0.2) is 4.98 Å². The van der Waals surface area contributed by atoms with Gasteiger partial charge in [0.2, 0.25) is 5.95 Å². The zero-order valence-electron chi connectivity index (χ0n) is 17.8. The molecule has 1 amide bonds.